The summed E-state index contributed by atoms with van der Waals surface area (Å²) in [5, 5.41) is 0. The van der Waals surface area contributed by atoms with Crippen LogP contribution in [0.15, 0.2) is 0 Å². The van der Waals surface area contributed by atoms with Gasteiger partial charge in [-0.1, -0.05) is 65.7 Å². The quantitative estimate of drug-likeness (QED) is 0.525. The second-order valence-electron chi connectivity index (χ2n) is 5.57. The Morgan fingerprint density at radius 2 is 1.47 bits per heavy atom. The molecule has 0 saturated carbocycles. The Bertz CT molecular complexity index is 159. The molecule has 0 rings (SSSR count). The van der Waals surface area contributed by atoms with Crippen LogP contribution in [0.3, 0.4) is 0 Å². The van der Waals surface area contributed by atoms with Crippen LogP contribution in [0.5, 0.6) is 0 Å². The molecular formula is C15H32FN. The lowest BCUT2D eigenvalue weighted by Gasteiger charge is -2.22. The SMILES string of the molecule is CCCCCCCCCC(F)C(CN)C(C)C. The molecule has 2 N–H and O–H groups in total. The monoisotopic (exact) mass is 245 g/mol. The topological polar surface area (TPSA) is 26.0 Å². The van der Waals surface area contributed by atoms with Gasteiger partial charge in [0.1, 0.15) is 6.17 Å². The van der Waals surface area contributed by atoms with Gasteiger partial charge in [-0.2, -0.15) is 0 Å². The first-order chi connectivity index (χ1) is 8.13. The number of nitrogens with two attached hydrogens (primary N) is 1. The first kappa shape index (κ1) is 16.9. The molecular weight excluding hydrogens is 213 g/mol. The van der Waals surface area contributed by atoms with Gasteiger partial charge in [0, 0.05) is 5.92 Å². The van der Waals surface area contributed by atoms with Gasteiger partial charge < -0.3 is 5.73 Å². The second kappa shape index (κ2) is 11.0. The average Bonchev–Trinajstić information content (AvgIpc) is 2.28. The summed E-state index contributed by atoms with van der Waals surface area (Å²) in [5.74, 6) is 0.412. The molecule has 17 heavy (non-hydrogen) atoms. The van der Waals surface area contributed by atoms with Crippen molar-refractivity contribution in [3.63, 3.8) is 0 Å². The molecule has 0 aliphatic rings. The zero-order valence-electron chi connectivity index (χ0n) is 12.1. The van der Waals surface area contributed by atoms with Crippen LogP contribution in [0.1, 0.15) is 72.1 Å². The fourth-order valence-corrected chi connectivity index (χ4v) is 2.35. The Morgan fingerprint density at radius 3 is 1.94 bits per heavy atom. The van der Waals surface area contributed by atoms with Crippen LogP contribution in [-0.4, -0.2) is 12.7 Å². The number of halogens is 1. The molecule has 2 atom stereocenters. The molecule has 0 bridgehead atoms. The van der Waals surface area contributed by atoms with Crippen molar-refractivity contribution in [2.75, 3.05) is 6.54 Å². The van der Waals surface area contributed by atoms with E-state index in [1.807, 2.05) is 0 Å². The van der Waals surface area contributed by atoms with Crippen LogP contribution in [-0.2, 0) is 0 Å². The van der Waals surface area contributed by atoms with Gasteiger partial charge in [0.25, 0.3) is 0 Å². The Balaban J connectivity index is 3.46. The summed E-state index contributed by atoms with van der Waals surface area (Å²) in [7, 11) is 0. The van der Waals surface area contributed by atoms with Crippen molar-refractivity contribution in [2.45, 2.75) is 78.3 Å². The smallest absolute Gasteiger partial charge is 0.104 e. The van der Waals surface area contributed by atoms with Crippen molar-refractivity contribution >= 4 is 0 Å². The summed E-state index contributed by atoms with van der Waals surface area (Å²) in [6, 6.07) is 0. The van der Waals surface area contributed by atoms with Crippen molar-refractivity contribution in [2.24, 2.45) is 17.6 Å². The van der Waals surface area contributed by atoms with E-state index in [1.54, 1.807) is 0 Å². The molecule has 0 amide bonds. The van der Waals surface area contributed by atoms with Crippen LogP contribution < -0.4 is 5.73 Å². The van der Waals surface area contributed by atoms with Crippen molar-refractivity contribution in [1.82, 2.24) is 0 Å². The van der Waals surface area contributed by atoms with Gasteiger partial charge in [-0.3, -0.25) is 0 Å². The summed E-state index contributed by atoms with van der Waals surface area (Å²) in [5.41, 5.74) is 5.62. The van der Waals surface area contributed by atoms with E-state index in [2.05, 4.69) is 20.8 Å². The van der Waals surface area contributed by atoms with Crippen LogP contribution in [0.2, 0.25) is 0 Å². The minimum atomic E-state index is -0.698. The van der Waals surface area contributed by atoms with Crippen LogP contribution in [0.25, 0.3) is 0 Å². The molecule has 0 fully saturated rings. The van der Waals surface area contributed by atoms with Gasteiger partial charge in [-0.05, 0) is 18.9 Å². The third-order valence-corrected chi connectivity index (χ3v) is 3.68. The van der Waals surface area contributed by atoms with E-state index < -0.39 is 6.17 Å². The fourth-order valence-electron chi connectivity index (χ4n) is 2.35. The van der Waals surface area contributed by atoms with Crippen LogP contribution in [0.4, 0.5) is 4.39 Å². The zero-order chi connectivity index (χ0) is 13.1. The van der Waals surface area contributed by atoms with Gasteiger partial charge in [-0.25, -0.2) is 4.39 Å². The Hall–Kier alpha value is -0.110. The molecule has 0 spiro atoms. The molecule has 0 radical (unpaired) electrons. The Kier molecular flexibility index (Phi) is 10.9. The molecule has 1 nitrogen and oxygen atoms in total. The number of rotatable bonds is 11. The van der Waals surface area contributed by atoms with Crippen molar-refractivity contribution < 1.29 is 4.39 Å². The second-order valence-corrected chi connectivity index (χ2v) is 5.57. The number of hydrogen-bond acceptors (Lipinski definition) is 1. The van der Waals surface area contributed by atoms with E-state index in [1.165, 1.54) is 38.5 Å². The molecule has 0 heterocycles. The highest BCUT2D eigenvalue weighted by Crippen LogP contribution is 2.22. The van der Waals surface area contributed by atoms with Gasteiger partial charge in [0.2, 0.25) is 0 Å². The molecule has 0 aromatic carbocycles. The maximum Gasteiger partial charge on any atom is 0.104 e. The summed E-state index contributed by atoms with van der Waals surface area (Å²) in [6.07, 6.45) is 8.76. The predicted molar refractivity (Wildman–Crippen MR) is 74.9 cm³/mol. The first-order valence-electron chi connectivity index (χ1n) is 7.47. The highest BCUT2D eigenvalue weighted by Gasteiger charge is 2.22. The Morgan fingerprint density at radius 1 is 0.941 bits per heavy atom. The number of unbranched alkanes of at least 4 members (excludes halogenated alkanes) is 6. The minimum absolute atomic E-state index is 0.0510. The lowest BCUT2D eigenvalue weighted by molar-refractivity contribution is 0.171. The number of hydrogen-bond donors (Lipinski definition) is 1. The van der Waals surface area contributed by atoms with Gasteiger partial charge in [0.15, 0.2) is 0 Å². The van der Waals surface area contributed by atoms with Crippen molar-refractivity contribution in [1.29, 1.82) is 0 Å². The maximum absolute atomic E-state index is 13.9. The average molecular weight is 245 g/mol. The predicted octanol–water partition coefficient (Wildman–Crippen LogP) is 4.70. The van der Waals surface area contributed by atoms with Gasteiger partial charge in [-0.15, -0.1) is 0 Å². The lowest BCUT2D eigenvalue weighted by atomic mass is 9.88. The zero-order valence-corrected chi connectivity index (χ0v) is 12.1. The molecule has 0 aromatic rings. The van der Waals surface area contributed by atoms with Crippen molar-refractivity contribution in [3.8, 4) is 0 Å². The largest absolute Gasteiger partial charge is 0.330 e. The molecule has 2 unspecified atom stereocenters. The van der Waals surface area contributed by atoms with E-state index in [9.17, 15) is 4.39 Å². The van der Waals surface area contributed by atoms with E-state index in [0.717, 1.165) is 6.42 Å². The minimum Gasteiger partial charge on any atom is -0.330 e. The van der Waals surface area contributed by atoms with E-state index in [4.69, 9.17) is 5.73 Å². The molecule has 0 aliphatic carbocycles. The summed E-state index contributed by atoms with van der Waals surface area (Å²) in [6.45, 7) is 6.84. The number of alkyl halides is 1. The van der Waals surface area contributed by atoms with Crippen LogP contribution in [0, 0.1) is 11.8 Å². The standard InChI is InChI=1S/C15H32FN/c1-4-5-6-7-8-9-10-11-15(16)14(12-17)13(2)3/h13-15H,4-12,17H2,1-3H3. The molecule has 0 aromatic heterocycles. The normalized spacial score (nSPS) is 15.2. The van der Waals surface area contributed by atoms with Gasteiger partial charge >= 0.3 is 0 Å². The molecule has 104 valence electrons. The summed E-state index contributed by atoms with van der Waals surface area (Å²) < 4.78 is 13.9. The van der Waals surface area contributed by atoms with E-state index >= 15 is 0 Å². The first-order valence-corrected chi connectivity index (χ1v) is 7.47. The summed E-state index contributed by atoms with van der Waals surface area (Å²) in [4.78, 5) is 0. The summed E-state index contributed by atoms with van der Waals surface area (Å²) >= 11 is 0. The van der Waals surface area contributed by atoms with Gasteiger partial charge in [0.05, 0.1) is 0 Å². The third kappa shape index (κ3) is 8.59. The van der Waals surface area contributed by atoms with E-state index in [-0.39, 0.29) is 5.92 Å². The van der Waals surface area contributed by atoms with Crippen molar-refractivity contribution in [3.05, 3.63) is 0 Å². The Labute approximate surface area is 107 Å². The van der Waals surface area contributed by atoms with E-state index in [0.29, 0.717) is 18.9 Å². The molecule has 0 aliphatic heterocycles. The van der Waals surface area contributed by atoms with Crippen LogP contribution >= 0.6 is 0 Å². The molecule has 2 heteroatoms. The highest BCUT2D eigenvalue weighted by molar-refractivity contribution is 4.73. The lowest BCUT2D eigenvalue weighted by Crippen LogP contribution is -2.29. The fraction of sp³-hybridized carbons (Fsp3) is 1.00. The maximum atomic E-state index is 13.9. The third-order valence-electron chi connectivity index (χ3n) is 3.68. The molecule has 0 saturated heterocycles. The highest BCUT2D eigenvalue weighted by atomic mass is 19.1.